The molecule has 0 fully saturated rings. The van der Waals surface area contributed by atoms with Crippen LogP contribution in [0.3, 0.4) is 0 Å². The SMILES string of the molecule is COc1cc(Nc2nc3ccccc3nc2NS(=O)(=O)c2cccc(NC(=O)COc3cccc(C)c3)c2)cc(OC)c1. The van der Waals surface area contributed by atoms with E-state index < -0.39 is 15.9 Å². The minimum absolute atomic E-state index is 0.0264. The Balaban J connectivity index is 1.39. The molecule has 220 valence electrons. The largest absolute Gasteiger partial charge is 0.497 e. The fourth-order valence-corrected chi connectivity index (χ4v) is 5.21. The molecule has 0 radical (unpaired) electrons. The molecule has 1 heterocycles. The number of hydrogen-bond acceptors (Lipinski definition) is 9. The Hall–Kier alpha value is -5.36. The van der Waals surface area contributed by atoms with Gasteiger partial charge < -0.3 is 24.8 Å². The third-order valence-electron chi connectivity index (χ3n) is 6.20. The number of hydrogen-bond donors (Lipinski definition) is 3. The highest BCUT2D eigenvalue weighted by Crippen LogP contribution is 2.31. The predicted molar refractivity (Wildman–Crippen MR) is 165 cm³/mol. The number of rotatable bonds is 11. The lowest BCUT2D eigenvalue weighted by atomic mass is 10.2. The van der Waals surface area contributed by atoms with Crippen molar-refractivity contribution in [1.29, 1.82) is 0 Å². The average Bonchev–Trinajstić information content (AvgIpc) is 3.00. The number of nitrogens with zero attached hydrogens (tertiary/aromatic N) is 2. The number of aromatic nitrogens is 2. The Kier molecular flexibility index (Phi) is 8.58. The summed E-state index contributed by atoms with van der Waals surface area (Å²) in [5.41, 5.74) is 2.87. The van der Waals surface area contributed by atoms with E-state index in [0.717, 1.165) is 5.56 Å². The maximum Gasteiger partial charge on any atom is 0.263 e. The molecule has 5 aromatic rings. The molecule has 11 nitrogen and oxygen atoms in total. The van der Waals surface area contributed by atoms with Gasteiger partial charge in [-0.3, -0.25) is 9.52 Å². The van der Waals surface area contributed by atoms with Gasteiger partial charge in [0.05, 0.1) is 30.1 Å². The van der Waals surface area contributed by atoms with Gasteiger partial charge in [0.2, 0.25) is 0 Å². The van der Waals surface area contributed by atoms with Crippen LogP contribution in [-0.4, -0.2) is 45.1 Å². The van der Waals surface area contributed by atoms with Crippen molar-refractivity contribution in [3.63, 3.8) is 0 Å². The normalized spacial score (nSPS) is 11.0. The van der Waals surface area contributed by atoms with Crippen molar-refractivity contribution in [2.45, 2.75) is 11.8 Å². The van der Waals surface area contributed by atoms with Gasteiger partial charge in [-0.25, -0.2) is 18.4 Å². The van der Waals surface area contributed by atoms with E-state index in [4.69, 9.17) is 14.2 Å². The van der Waals surface area contributed by atoms with Crippen LogP contribution >= 0.6 is 0 Å². The fourth-order valence-electron chi connectivity index (χ4n) is 4.15. The highest BCUT2D eigenvalue weighted by atomic mass is 32.2. The molecule has 0 atom stereocenters. The summed E-state index contributed by atoms with van der Waals surface area (Å²) in [5, 5.41) is 5.80. The van der Waals surface area contributed by atoms with E-state index in [2.05, 4.69) is 25.3 Å². The number of para-hydroxylation sites is 2. The lowest BCUT2D eigenvalue weighted by Gasteiger charge is -2.15. The van der Waals surface area contributed by atoms with E-state index in [-0.39, 0.29) is 28.8 Å². The number of amides is 1. The molecule has 0 saturated heterocycles. The van der Waals surface area contributed by atoms with Crippen LogP contribution in [0.15, 0.2) is 95.9 Å². The maximum atomic E-state index is 13.5. The summed E-state index contributed by atoms with van der Waals surface area (Å²) in [5.74, 6) is 1.31. The molecule has 0 aliphatic carbocycles. The van der Waals surface area contributed by atoms with Gasteiger partial charge in [-0.1, -0.05) is 30.3 Å². The second-order valence-electron chi connectivity index (χ2n) is 9.42. The van der Waals surface area contributed by atoms with Gasteiger partial charge in [-0.2, -0.15) is 0 Å². The van der Waals surface area contributed by atoms with Gasteiger partial charge in [0.15, 0.2) is 18.2 Å². The summed E-state index contributed by atoms with van der Waals surface area (Å²) in [6.45, 7) is 1.68. The van der Waals surface area contributed by atoms with E-state index in [0.29, 0.717) is 34.0 Å². The Labute approximate surface area is 248 Å². The van der Waals surface area contributed by atoms with Gasteiger partial charge in [-0.15, -0.1) is 0 Å². The number of aryl methyl sites for hydroxylation is 1. The van der Waals surface area contributed by atoms with Crippen LogP contribution in [0.4, 0.5) is 23.0 Å². The number of ether oxygens (including phenoxy) is 3. The van der Waals surface area contributed by atoms with Crippen LogP contribution in [0, 0.1) is 6.92 Å². The number of methoxy groups -OCH3 is 2. The first kappa shape index (κ1) is 29.1. The molecule has 3 N–H and O–H groups in total. The minimum atomic E-state index is -4.17. The number of carbonyl (C=O) groups is 1. The van der Waals surface area contributed by atoms with E-state index in [1.807, 2.05) is 31.2 Å². The standard InChI is InChI=1S/C31H29N5O6S/c1-20-8-6-10-23(14-20)42-19-29(37)32-21-9-7-11-26(17-21)43(38,39)36-31-30(34-27-12-4-5-13-28(27)35-31)33-22-15-24(40-2)18-25(16-22)41-3/h4-18H,19H2,1-3H3,(H,32,37)(H,33,34)(H,35,36). The second kappa shape index (κ2) is 12.7. The highest BCUT2D eigenvalue weighted by molar-refractivity contribution is 7.92. The first-order valence-electron chi connectivity index (χ1n) is 13.1. The zero-order valence-corrected chi connectivity index (χ0v) is 24.4. The van der Waals surface area contributed by atoms with Crippen molar-refractivity contribution in [2.75, 3.05) is 36.2 Å². The Morgan fingerprint density at radius 1 is 0.744 bits per heavy atom. The van der Waals surface area contributed by atoms with E-state index >= 15 is 0 Å². The fraction of sp³-hybridized carbons (Fsp3) is 0.129. The first-order chi connectivity index (χ1) is 20.7. The molecule has 1 amide bonds. The molecule has 0 aliphatic heterocycles. The zero-order chi connectivity index (χ0) is 30.4. The van der Waals surface area contributed by atoms with Crippen LogP contribution in [-0.2, 0) is 14.8 Å². The molecule has 0 saturated carbocycles. The van der Waals surface area contributed by atoms with Crippen LogP contribution in [0.5, 0.6) is 17.2 Å². The summed E-state index contributed by atoms with van der Waals surface area (Å²) >= 11 is 0. The van der Waals surface area contributed by atoms with Crippen molar-refractivity contribution in [3.05, 3.63) is 96.6 Å². The summed E-state index contributed by atoms with van der Waals surface area (Å²) in [4.78, 5) is 21.6. The first-order valence-corrected chi connectivity index (χ1v) is 14.6. The lowest BCUT2D eigenvalue weighted by molar-refractivity contribution is -0.118. The molecule has 43 heavy (non-hydrogen) atoms. The number of nitrogens with one attached hydrogen (secondary N) is 3. The summed E-state index contributed by atoms with van der Waals surface area (Å²) in [6.07, 6.45) is 0. The molecule has 1 aromatic heterocycles. The van der Waals surface area contributed by atoms with Gasteiger partial charge in [-0.05, 0) is 55.0 Å². The molecule has 0 bridgehead atoms. The number of fused-ring (bicyclic) bond motifs is 1. The summed E-state index contributed by atoms with van der Waals surface area (Å²) in [7, 11) is -1.11. The zero-order valence-electron chi connectivity index (χ0n) is 23.6. The minimum Gasteiger partial charge on any atom is -0.497 e. The molecule has 4 aromatic carbocycles. The lowest BCUT2D eigenvalue weighted by Crippen LogP contribution is -2.21. The quantitative estimate of drug-likeness (QED) is 0.179. The predicted octanol–water partition coefficient (Wildman–Crippen LogP) is 5.52. The van der Waals surface area contributed by atoms with Crippen LogP contribution in [0.2, 0.25) is 0 Å². The molecular formula is C31H29N5O6S. The van der Waals surface area contributed by atoms with Crippen molar-refractivity contribution in [2.24, 2.45) is 0 Å². The third kappa shape index (κ3) is 7.29. The summed E-state index contributed by atoms with van der Waals surface area (Å²) in [6, 6.07) is 25.4. The Bertz CT molecular complexity index is 1880. The van der Waals surface area contributed by atoms with E-state index in [1.165, 1.54) is 32.4 Å². The molecule has 0 unspecified atom stereocenters. The summed E-state index contributed by atoms with van der Waals surface area (Å²) < 4.78 is 45.9. The van der Waals surface area contributed by atoms with Gasteiger partial charge in [0, 0.05) is 29.6 Å². The number of anilines is 4. The average molecular weight is 600 g/mol. The van der Waals surface area contributed by atoms with Gasteiger partial charge in [0.1, 0.15) is 17.2 Å². The molecule has 12 heteroatoms. The smallest absolute Gasteiger partial charge is 0.263 e. The Morgan fingerprint density at radius 3 is 2.09 bits per heavy atom. The van der Waals surface area contributed by atoms with Crippen molar-refractivity contribution in [3.8, 4) is 17.2 Å². The third-order valence-corrected chi connectivity index (χ3v) is 7.54. The van der Waals surface area contributed by atoms with Crippen LogP contribution < -0.4 is 29.6 Å². The highest BCUT2D eigenvalue weighted by Gasteiger charge is 2.20. The van der Waals surface area contributed by atoms with Crippen molar-refractivity contribution >= 4 is 50.0 Å². The molecule has 0 aliphatic rings. The second-order valence-corrected chi connectivity index (χ2v) is 11.1. The van der Waals surface area contributed by atoms with Gasteiger partial charge in [0.25, 0.3) is 15.9 Å². The van der Waals surface area contributed by atoms with E-state index in [9.17, 15) is 13.2 Å². The number of carbonyl (C=O) groups excluding carboxylic acids is 1. The number of benzene rings is 4. The van der Waals surface area contributed by atoms with Crippen LogP contribution in [0.25, 0.3) is 11.0 Å². The maximum absolute atomic E-state index is 13.5. The Morgan fingerprint density at radius 2 is 1.42 bits per heavy atom. The molecule has 5 rings (SSSR count). The molecular weight excluding hydrogens is 570 g/mol. The molecule has 0 spiro atoms. The number of sulfonamides is 1. The van der Waals surface area contributed by atoms with E-state index in [1.54, 1.807) is 48.5 Å². The van der Waals surface area contributed by atoms with Crippen molar-refractivity contribution < 1.29 is 27.4 Å². The monoisotopic (exact) mass is 599 g/mol. The van der Waals surface area contributed by atoms with Crippen molar-refractivity contribution in [1.82, 2.24) is 9.97 Å². The van der Waals surface area contributed by atoms with Gasteiger partial charge >= 0.3 is 0 Å². The van der Waals surface area contributed by atoms with Crippen LogP contribution in [0.1, 0.15) is 5.56 Å². The topological polar surface area (TPSA) is 141 Å².